The topological polar surface area (TPSA) is 60.0 Å². The van der Waals surface area contributed by atoms with E-state index in [9.17, 15) is 4.79 Å². The second kappa shape index (κ2) is 44.5. The summed E-state index contributed by atoms with van der Waals surface area (Å²) in [6.45, 7) is 15.1. The lowest BCUT2D eigenvalue weighted by molar-refractivity contribution is 0.00888. The summed E-state index contributed by atoms with van der Waals surface area (Å²) in [5.74, 6) is 0.0535. The lowest BCUT2D eigenvalue weighted by Gasteiger charge is -2.19. The van der Waals surface area contributed by atoms with Gasteiger partial charge in [0.15, 0.2) is 0 Å². The van der Waals surface area contributed by atoms with E-state index in [0.29, 0.717) is 26.4 Å². The molecule has 6 nitrogen and oxygen atoms in total. The van der Waals surface area contributed by atoms with Gasteiger partial charge in [0.1, 0.15) is 6.61 Å². The number of allylic oxidation sites excluding steroid dienone is 8. The first-order chi connectivity index (χ1) is 26.2. The van der Waals surface area contributed by atoms with Crippen molar-refractivity contribution in [3.05, 3.63) is 48.6 Å². The molecule has 0 saturated carbocycles. The minimum Gasteiger partial charge on any atom is -0.449 e. The van der Waals surface area contributed by atoms with Gasteiger partial charge in [-0.2, -0.15) is 0 Å². The van der Waals surface area contributed by atoms with Crippen LogP contribution in [-0.4, -0.2) is 70.2 Å². The Balaban J connectivity index is 4.09. The number of unbranched alkanes of at least 4 members (excludes halogenated alkanes) is 18. The first-order valence-electron chi connectivity index (χ1n) is 22.6. The number of likely N-dealkylation sites (N-methyl/N-ethyl adjacent to an activating group) is 1. The van der Waals surface area contributed by atoms with Crippen LogP contribution in [0.4, 0.5) is 4.79 Å². The fraction of sp³-hybridized carbons (Fsp3) is 0.809. The summed E-state index contributed by atoms with van der Waals surface area (Å²) in [5, 5.41) is 2.89. The highest BCUT2D eigenvalue weighted by atomic mass is 16.6. The highest BCUT2D eigenvalue weighted by molar-refractivity contribution is 5.67. The molecule has 0 aromatic rings. The van der Waals surface area contributed by atoms with Gasteiger partial charge in [0.25, 0.3) is 0 Å². The molecule has 0 aromatic heterocycles. The maximum Gasteiger partial charge on any atom is 0.407 e. The van der Waals surface area contributed by atoms with Crippen LogP contribution in [-0.2, 0) is 14.2 Å². The Kier molecular flexibility index (Phi) is 42.9. The summed E-state index contributed by atoms with van der Waals surface area (Å²) in [6, 6.07) is 0. The first kappa shape index (κ1) is 51.1. The summed E-state index contributed by atoms with van der Waals surface area (Å²) in [6.07, 6.45) is 48.1. The van der Waals surface area contributed by atoms with E-state index in [1.54, 1.807) is 0 Å². The number of ether oxygens (including phenoxy) is 3. The Morgan fingerprint density at radius 3 is 1.32 bits per heavy atom. The molecule has 0 rings (SSSR count). The Hall–Kier alpha value is -1.89. The average molecular weight is 745 g/mol. The molecule has 0 aliphatic heterocycles. The van der Waals surface area contributed by atoms with Crippen molar-refractivity contribution in [1.29, 1.82) is 0 Å². The molecule has 0 aromatic carbocycles. The Morgan fingerprint density at radius 2 is 0.906 bits per heavy atom. The van der Waals surface area contributed by atoms with E-state index in [-0.39, 0.29) is 12.0 Å². The molecule has 0 unspecified atom stereocenters. The van der Waals surface area contributed by atoms with E-state index in [1.807, 2.05) is 0 Å². The zero-order valence-corrected chi connectivity index (χ0v) is 35.6. The van der Waals surface area contributed by atoms with Gasteiger partial charge in [-0.25, -0.2) is 4.79 Å². The van der Waals surface area contributed by atoms with Crippen molar-refractivity contribution >= 4 is 6.09 Å². The van der Waals surface area contributed by atoms with Crippen LogP contribution >= 0.6 is 0 Å². The van der Waals surface area contributed by atoms with Crippen molar-refractivity contribution in [2.45, 2.75) is 182 Å². The van der Waals surface area contributed by atoms with E-state index in [0.717, 1.165) is 58.5 Å². The normalized spacial score (nSPS) is 12.8. The molecule has 0 aliphatic rings. The van der Waals surface area contributed by atoms with Gasteiger partial charge in [-0.05, 0) is 90.1 Å². The molecule has 0 fully saturated rings. The lowest BCUT2D eigenvalue weighted by Crippen LogP contribution is -2.36. The number of carbonyl (C=O) groups excluding carboxylic acids is 1. The van der Waals surface area contributed by atoms with Gasteiger partial charge in [-0.1, -0.05) is 153 Å². The summed E-state index contributed by atoms with van der Waals surface area (Å²) in [7, 11) is 0. The second-order valence-corrected chi connectivity index (χ2v) is 14.7. The smallest absolute Gasteiger partial charge is 0.407 e. The number of alkyl carbamates (subject to hydrolysis) is 1. The largest absolute Gasteiger partial charge is 0.449 e. The average Bonchev–Trinajstić information content (AvgIpc) is 3.17. The molecule has 0 aliphatic carbocycles. The maximum atomic E-state index is 12.3. The molecule has 6 heteroatoms. The Morgan fingerprint density at radius 1 is 0.509 bits per heavy atom. The third kappa shape index (κ3) is 41.1. The summed E-state index contributed by atoms with van der Waals surface area (Å²) >= 11 is 0. The molecular formula is C47H88N2O4. The van der Waals surface area contributed by atoms with Gasteiger partial charge in [-0.3, -0.25) is 0 Å². The first-order valence-corrected chi connectivity index (χ1v) is 22.6. The Bertz CT molecular complexity index is 799. The van der Waals surface area contributed by atoms with Crippen LogP contribution < -0.4 is 5.32 Å². The minimum absolute atomic E-state index is 0.0535. The van der Waals surface area contributed by atoms with Crippen molar-refractivity contribution in [2.75, 3.05) is 59.2 Å². The third-order valence-electron chi connectivity index (χ3n) is 9.73. The number of hydrogen-bond donors (Lipinski definition) is 1. The van der Waals surface area contributed by atoms with E-state index in [2.05, 4.69) is 86.5 Å². The molecule has 0 heterocycles. The summed E-state index contributed by atoms with van der Waals surface area (Å²) < 4.78 is 17.7. The van der Waals surface area contributed by atoms with Gasteiger partial charge in [0, 0.05) is 32.2 Å². The van der Waals surface area contributed by atoms with Gasteiger partial charge in [-0.15, -0.1) is 0 Å². The summed E-state index contributed by atoms with van der Waals surface area (Å²) in [4.78, 5) is 14.6. The molecule has 0 atom stereocenters. The summed E-state index contributed by atoms with van der Waals surface area (Å²) in [5.41, 5.74) is 0. The van der Waals surface area contributed by atoms with Crippen molar-refractivity contribution in [2.24, 2.45) is 5.92 Å². The van der Waals surface area contributed by atoms with Crippen LogP contribution in [0.15, 0.2) is 48.6 Å². The van der Waals surface area contributed by atoms with Crippen molar-refractivity contribution in [3.63, 3.8) is 0 Å². The molecule has 53 heavy (non-hydrogen) atoms. The second-order valence-electron chi connectivity index (χ2n) is 14.7. The monoisotopic (exact) mass is 745 g/mol. The van der Waals surface area contributed by atoms with Gasteiger partial charge in [0.2, 0.25) is 0 Å². The number of nitrogens with zero attached hydrogens (tertiary/aromatic N) is 1. The van der Waals surface area contributed by atoms with Gasteiger partial charge in [0.05, 0.1) is 13.2 Å². The van der Waals surface area contributed by atoms with Crippen LogP contribution in [0.5, 0.6) is 0 Å². The predicted molar refractivity (Wildman–Crippen MR) is 231 cm³/mol. The molecule has 0 radical (unpaired) electrons. The van der Waals surface area contributed by atoms with Crippen molar-refractivity contribution < 1.29 is 19.0 Å². The van der Waals surface area contributed by atoms with E-state index in [4.69, 9.17) is 14.2 Å². The molecule has 0 bridgehead atoms. The maximum absolute atomic E-state index is 12.3. The molecule has 0 spiro atoms. The van der Waals surface area contributed by atoms with Crippen LogP contribution in [0.2, 0.25) is 0 Å². The fourth-order valence-corrected chi connectivity index (χ4v) is 6.13. The number of carbonyl (C=O) groups is 1. The van der Waals surface area contributed by atoms with E-state index >= 15 is 0 Å². The number of amides is 1. The third-order valence-corrected chi connectivity index (χ3v) is 9.73. The van der Waals surface area contributed by atoms with Crippen LogP contribution in [0, 0.1) is 5.92 Å². The number of rotatable bonds is 41. The number of nitrogens with one attached hydrogen (secondary N) is 1. The lowest BCUT2D eigenvalue weighted by atomic mass is 10.1. The highest BCUT2D eigenvalue weighted by Crippen LogP contribution is 2.11. The van der Waals surface area contributed by atoms with E-state index < -0.39 is 0 Å². The van der Waals surface area contributed by atoms with Crippen molar-refractivity contribution in [1.82, 2.24) is 10.2 Å². The SMILES string of the molecule is CCCCCC=CCC=CCCCCCCCCOCC(COCCCCCCCCC=CCC=CCCCCC)COC(=O)NCCN(CC)CC. The highest BCUT2D eigenvalue weighted by Gasteiger charge is 2.13. The minimum atomic E-state index is -0.350. The van der Waals surface area contributed by atoms with Gasteiger partial charge >= 0.3 is 6.09 Å². The zero-order chi connectivity index (χ0) is 38.6. The molecule has 1 amide bonds. The number of hydrogen-bond acceptors (Lipinski definition) is 5. The van der Waals surface area contributed by atoms with Crippen LogP contribution in [0.1, 0.15) is 182 Å². The van der Waals surface area contributed by atoms with E-state index in [1.165, 1.54) is 128 Å². The molecule has 1 N–H and O–H groups in total. The molecule has 310 valence electrons. The molecule has 0 saturated heterocycles. The zero-order valence-electron chi connectivity index (χ0n) is 35.6. The van der Waals surface area contributed by atoms with Crippen LogP contribution in [0.3, 0.4) is 0 Å². The fourth-order valence-electron chi connectivity index (χ4n) is 6.13. The predicted octanol–water partition coefficient (Wildman–Crippen LogP) is 13.3. The standard InChI is InChI=1S/C47H88N2O4/c1-5-9-11-13-15-17-19-21-23-25-27-29-31-33-35-37-41-51-43-46(45-53-47(50)48-39-40-49(7-3)8-4)44-52-42-38-36-34-32-30-28-26-24-22-20-18-16-14-12-10-6-2/h15-18,21-24,46H,5-14,19-20,25-45H2,1-4H3,(H,48,50). The quantitative estimate of drug-likeness (QED) is 0.0499. The van der Waals surface area contributed by atoms with Crippen LogP contribution in [0.25, 0.3) is 0 Å². The van der Waals surface area contributed by atoms with Crippen molar-refractivity contribution in [3.8, 4) is 0 Å². The molecular weight excluding hydrogens is 657 g/mol. The Labute approximate surface area is 330 Å². The van der Waals surface area contributed by atoms with Gasteiger partial charge < -0.3 is 24.4 Å².